The van der Waals surface area contributed by atoms with Crippen molar-refractivity contribution in [1.29, 1.82) is 0 Å². The largest absolute Gasteiger partial charge is 0.454 e. The van der Waals surface area contributed by atoms with Gasteiger partial charge in [0.15, 0.2) is 5.58 Å². The molecule has 0 atom stereocenters. The number of hydrogen-bond acceptors (Lipinski definition) is 2. The van der Waals surface area contributed by atoms with Crippen LogP contribution in [0.1, 0.15) is 0 Å². The van der Waals surface area contributed by atoms with Gasteiger partial charge in [-0.1, -0.05) is 91.0 Å². The van der Waals surface area contributed by atoms with Crippen LogP contribution in [-0.4, -0.2) is 4.57 Å². The van der Waals surface area contributed by atoms with Crippen molar-refractivity contribution in [3.63, 3.8) is 0 Å². The SMILES string of the molecule is c1ccc(-c2ccc3c(c2)c2c4sc5ccccc5c4ccc2n3-c2cccc3c2oc2ccccc23)cc1. The summed E-state index contributed by atoms with van der Waals surface area (Å²) in [6, 6.07) is 45.7. The molecule has 0 unspecified atom stereocenters. The second-order valence-corrected chi connectivity index (χ2v) is 11.2. The molecule has 0 N–H and O–H groups in total. The van der Waals surface area contributed by atoms with Crippen LogP contribution >= 0.6 is 11.3 Å². The molecule has 0 radical (unpaired) electrons. The van der Waals surface area contributed by atoms with E-state index in [-0.39, 0.29) is 0 Å². The first-order valence-corrected chi connectivity index (χ1v) is 14.0. The van der Waals surface area contributed by atoms with Crippen LogP contribution in [0, 0.1) is 0 Å². The number of aromatic nitrogens is 1. The van der Waals surface area contributed by atoms with Crippen LogP contribution in [-0.2, 0) is 0 Å². The minimum Gasteiger partial charge on any atom is -0.454 e. The van der Waals surface area contributed by atoms with Gasteiger partial charge >= 0.3 is 0 Å². The molecule has 182 valence electrons. The Morgan fingerprint density at radius 1 is 0.513 bits per heavy atom. The van der Waals surface area contributed by atoms with E-state index in [1.54, 1.807) is 0 Å². The normalized spacial score (nSPS) is 12.1. The molecule has 9 rings (SSSR count). The molecule has 0 saturated heterocycles. The molecule has 6 aromatic carbocycles. The molecule has 3 heteroatoms. The molecule has 0 amide bonds. The molecule has 0 bridgehead atoms. The Hall–Kier alpha value is -4.86. The minimum absolute atomic E-state index is 0.916. The highest BCUT2D eigenvalue weighted by Gasteiger charge is 2.20. The van der Waals surface area contributed by atoms with E-state index in [0.717, 1.165) is 27.6 Å². The molecule has 0 aliphatic heterocycles. The molecule has 0 saturated carbocycles. The van der Waals surface area contributed by atoms with E-state index >= 15 is 0 Å². The molecule has 3 aromatic heterocycles. The number of benzene rings is 6. The van der Waals surface area contributed by atoms with Crippen LogP contribution in [0.4, 0.5) is 0 Å². The van der Waals surface area contributed by atoms with Gasteiger partial charge in [0.1, 0.15) is 5.58 Å². The number of rotatable bonds is 2. The van der Waals surface area contributed by atoms with Gasteiger partial charge in [-0.3, -0.25) is 0 Å². The van der Waals surface area contributed by atoms with Crippen LogP contribution in [0.15, 0.2) is 132 Å². The second kappa shape index (κ2) is 7.83. The third kappa shape index (κ3) is 2.91. The van der Waals surface area contributed by atoms with Crippen molar-refractivity contribution in [3.05, 3.63) is 127 Å². The average Bonchev–Trinajstić information content (AvgIpc) is 3.66. The Morgan fingerprint density at radius 2 is 1.28 bits per heavy atom. The molecular weight excluding hydrogens is 494 g/mol. The average molecular weight is 516 g/mol. The fourth-order valence-corrected chi connectivity index (χ4v) is 7.52. The number of fused-ring (bicyclic) bond motifs is 10. The molecule has 9 aromatic rings. The summed E-state index contributed by atoms with van der Waals surface area (Å²) in [4.78, 5) is 0. The summed E-state index contributed by atoms with van der Waals surface area (Å²) in [5.74, 6) is 0. The third-order valence-electron chi connectivity index (χ3n) is 8.00. The van der Waals surface area contributed by atoms with E-state index in [4.69, 9.17) is 4.42 Å². The first-order valence-electron chi connectivity index (χ1n) is 13.2. The van der Waals surface area contributed by atoms with Crippen molar-refractivity contribution >= 4 is 75.3 Å². The molecule has 0 aliphatic carbocycles. The quantitative estimate of drug-likeness (QED) is 0.224. The van der Waals surface area contributed by atoms with Crippen molar-refractivity contribution in [2.24, 2.45) is 0 Å². The molecule has 2 nitrogen and oxygen atoms in total. The van der Waals surface area contributed by atoms with E-state index in [2.05, 4.69) is 126 Å². The fraction of sp³-hybridized carbons (Fsp3) is 0. The highest BCUT2D eigenvalue weighted by Crippen LogP contribution is 2.45. The van der Waals surface area contributed by atoms with Gasteiger partial charge in [-0.05, 0) is 47.5 Å². The lowest BCUT2D eigenvalue weighted by Crippen LogP contribution is -1.94. The third-order valence-corrected chi connectivity index (χ3v) is 9.21. The molecule has 0 spiro atoms. The predicted molar refractivity (Wildman–Crippen MR) is 166 cm³/mol. The summed E-state index contributed by atoms with van der Waals surface area (Å²) in [7, 11) is 0. The smallest absolute Gasteiger partial charge is 0.159 e. The summed E-state index contributed by atoms with van der Waals surface area (Å²) in [6.45, 7) is 0. The zero-order chi connectivity index (χ0) is 25.5. The Morgan fingerprint density at radius 3 is 2.21 bits per heavy atom. The van der Waals surface area contributed by atoms with Gasteiger partial charge in [-0.25, -0.2) is 0 Å². The van der Waals surface area contributed by atoms with Gasteiger partial charge < -0.3 is 8.98 Å². The van der Waals surface area contributed by atoms with E-state index < -0.39 is 0 Å². The van der Waals surface area contributed by atoms with Crippen LogP contribution in [0.3, 0.4) is 0 Å². The van der Waals surface area contributed by atoms with Crippen LogP contribution in [0.25, 0.3) is 80.7 Å². The first kappa shape index (κ1) is 21.1. The maximum absolute atomic E-state index is 6.52. The number of hydrogen-bond donors (Lipinski definition) is 0. The van der Waals surface area contributed by atoms with Gasteiger partial charge in [-0.2, -0.15) is 0 Å². The Balaban J connectivity index is 1.47. The van der Waals surface area contributed by atoms with E-state index in [0.29, 0.717) is 0 Å². The standard InChI is InChI=1S/C36H21NOS/c1-2-9-22(10-3-1)23-17-19-29-28(21-23)34-30(20-18-27-25-12-5-7-16-33(25)39-36(27)34)37(29)31-14-8-13-26-24-11-4-6-15-32(24)38-35(26)31/h1-21H. The number of furan rings is 1. The lowest BCUT2D eigenvalue weighted by molar-refractivity contribution is 0.666. The maximum Gasteiger partial charge on any atom is 0.159 e. The summed E-state index contributed by atoms with van der Waals surface area (Å²) in [5.41, 5.74) is 7.73. The maximum atomic E-state index is 6.52. The molecule has 0 aliphatic rings. The first-order chi connectivity index (χ1) is 19.3. The Bertz CT molecular complexity index is 2390. The van der Waals surface area contributed by atoms with Crippen molar-refractivity contribution in [3.8, 4) is 16.8 Å². The lowest BCUT2D eigenvalue weighted by Gasteiger charge is -2.09. The highest BCUT2D eigenvalue weighted by atomic mass is 32.1. The van der Waals surface area contributed by atoms with Gasteiger partial charge in [-0.15, -0.1) is 11.3 Å². The predicted octanol–water partition coefficient (Wildman–Crippen LogP) is 10.7. The van der Waals surface area contributed by atoms with E-state index in [9.17, 15) is 0 Å². The van der Waals surface area contributed by atoms with Crippen molar-refractivity contribution in [1.82, 2.24) is 4.57 Å². The van der Waals surface area contributed by atoms with Crippen LogP contribution in [0.5, 0.6) is 0 Å². The number of para-hydroxylation sites is 2. The zero-order valence-corrected chi connectivity index (χ0v) is 21.7. The lowest BCUT2D eigenvalue weighted by atomic mass is 10.0. The Kier molecular flexibility index (Phi) is 4.24. The number of nitrogens with zero attached hydrogens (tertiary/aromatic N) is 1. The minimum atomic E-state index is 0.916. The molecule has 0 fully saturated rings. The molecule has 39 heavy (non-hydrogen) atoms. The van der Waals surface area contributed by atoms with Crippen LogP contribution in [0.2, 0.25) is 0 Å². The van der Waals surface area contributed by atoms with Crippen molar-refractivity contribution in [2.75, 3.05) is 0 Å². The molecule has 3 heterocycles. The molecular formula is C36H21NOS. The zero-order valence-electron chi connectivity index (χ0n) is 20.9. The highest BCUT2D eigenvalue weighted by molar-refractivity contribution is 7.26. The topological polar surface area (TPSA) is 18.1 Å². The van der Waals surface area contributed by atoms with E-state index in [1.165, 1.54) is 53.1 Å². The van der Waals surface area contributed by atoms with Crippen molar-refractivity contribution in [2.45, 2.75) is 0 Å². The van der Waals surface area contributed by atoms with Gasteiger partial charge in [0.05, 0.1) is 16.7 Å². The second-order valence-electron chi connectivity index (χ2n) is 10.1. The fourth-order valence-electron chi connectivity index (χ4n) is 6.26. The summed E-state index contributed by atoms with van der Waals surface area (Å²) >= 11 is 1.89. The van der Waals surface area contributed by atoms with Gasteiger partial charge in [0.25, 0.3) is 0 Å². The monoisotopic (exact) mass is 515 g/mol. The van der Waals surface area contributed by atoms with Gasteiger partial charge in [0, 0.05) is 41.7 Å². The Labute approximate surface area is 227 Å². The summed E-state index contributed by atoms with van der Waals surface area (Å²) in [5, 5.41) is 7.48. The summed E-state index contributed by atoms with van der Waals surface area (Å²) in [6.07, 6.45) is 0. The van der Waals surface area contributed by atoms with E-state index in [1.807, 2.05) is 17.4 Å². The summed E-state index contributed by atoms with van der Waals surface area (Å²) < 4.78 is 11.6. The van der Waals surface area contributed by atoms with Gasteiger partial charge in [0.2, 0.25) is 0 Å². The number of thiophene rings is 1. The van der Waals surface area contributed by atoms with Crippen molar-refractivity contribution < 1.29 is 4.42 Å². The van der Waals surface area contributed by atoms with Crippen LogP contribution < -0.4 is 0 Å².